The average Bonchev–Trinajstić information content (AvgIpc) is 2.77. The lowest BCUT2D eigenvalue weighted by molar-refractivity contribution is -0.0893. The van der Waals surface area contributed by atoms with Crippen LogP contribution >= 0.6 is 0 Å². The van der Waals surface area contributed by atoms with Crippen molar-refractivity contribution >= 4 is 23.8 Å². The molecule has 3 aromatic carbocycles. The summed E-state index contributed by atoms with van der Waals surface area (Å²) >= 11 is 0. The van der Waals surface area contributed by atoms with E-state index in [0.29, 0.717) is 13.3 Å². The first-order valence-electron chi connectivity index (χ1n) is 10.5. The maximum atomic E-state index is 10.3. The fraction of sp³-hybridized carbons (Fsp3) is 0.231. The lowest BCUT2D eigenvalue weighted by Crippen LogP contribution is -2.49. The SMILES string of the molecule is CC(C)(O)C(C)(C)OBc1ccc(-c2nc(-c3ccccc3)c3ccccc3n2)cc1. The summed E-state index contributed by atoms with van der Waals surface area (Å²) in [6.45, 7) is 7.32. The average molecular weight is 410 g/mol. The van der Waals surface area contributed by atoms with Crippen LogP contribution < -0.4 is 5.46 Å². The molecule has 1 heterocycles. The summed E-state index contributed by atoms with van der Waals surface area (Å²) in [5.74, 6) is 0.696. The van der Waals surface area contributed by atoms with E-state index in [1.165, 1.54) is 0 Å². The number of aliphatic hydroxyl groups is 1. The van der Waals surface area contributed by atoms with Crippen molar-refractivity contribution in [1.82, 2.24) is 9.97 Å². The maximum absolute atomic E-state index is 10.3. The fourth-order valence-electron chi connectivity index (χ4n) is 3.21. The predicted octanol–water partition coefficient (Wildman–Crippen LogP) is 4.51. The van der Waals surface area contributed by atoms with E-state index in [1.807, 2.05) is 74.5 Å². The first kappa shape index (κ1) is 21.2. The topological polar surface area (TPSA) is 55.2 Å². The van der Waals surface area contributed by atoms with Gasteiger partial charge in [0.2, 0.25) is 0 Å². The lowest BCUT2D eigenvalue weighted by atomic mass is 9.82. The zero-order valence-electron chi connectivity index (χ0n) is 18.5. The van der Waals surface area contributed by atoms with Gasteiger partial charge in [-0.05, 0) is 33.8 Å². The van der Waals surface area contributed by atoms with Crippen molar-refractivity contribution in [2.24, 2.45) is 0 Å². The smallest absolute Gasteiger partial charge is 0.309 e. The molecule has 0 aliphatic carbocycles. The minimum absolute atomic E-state index is 0.422. The summed E-state index contributed by atoms with van der Waals surface area (Å²) in [6.07, 6.45) is 0. The molecule has 0 unspecified atom stereocenters. The molecule has 0 fully saturated rings. The molecule has 0 amide bonds. The Labute approximate surface area is 184 Å². The molecule has 5 heteroatoms. The molecule has 0 saturated carbocycles. The first-order chi connectivity index (χ1) is 14.7. The van der Waals surface area contributed by atoms with Crippen molar-refractivity contribution in [1.29, 1.82) is 0 Å². The van der Waals surface area contributed by atoms with Crippen molar-refractivity contribution in [3.63, 3.8) is 0 Å². The summed E-state index contributed by atoms with van der Waals surface area (Å²) < 4.78 is 5.98. The minimum atomic E-state index is -0.931. The minimum Gasteiger partial charge on any atom is -0.427 e. The van der Waals surface area contributed by atoms with Crippen molar-refractivity contribution < 1.29 is 9.76 Å². The van der Waals surface area contributed by atoms with Gasteiger partial charge in [-0.15, -0.1) is 0 Å². The number of hydrogen-bond acceptors (Lipinski definition) is 4. The molecular weight excluding hydrogens is 383 g/mol. The van der Waals surface area contributed by atoms with Crippen LogP contribution in [0, 0.1) is 0 Å². The Morgan fingerprint density at radius 2 is 1.39 bits per heavy atom. The Hall–Kier alpha value is -3.02. The van der Waals surface area contributed by atoms with Crippen molar-refractivity contribution in [3.05, 3.63) is 78.9 Å². The number of hydrogen-bond donors (Lipinski definition) is 1. The third-order valence-corrected chi connectivity index (χ3v) is 5.94. The normalized spacial score (nSPS) is 12.2. The third kappa shape index (κ3) is 4.53. The molecule has 4 rings (SSSR count). The highest BCUT2D eigenvalue weighted by atomic mass is 16.5. The van der Waals surface area contributed by atoms with Gasteiger partial charge in [-0.25, -0.2) is 9.97 Å². The molecule has 31 heavy (non-hydrogen) atoms. The second-order valence-corrected chi connectivity index (χ2v) is 8.83. The van der Waals surface area contributed by atoms with Crippen LogP contribution in [-0.2, 0) is 4.65 Å². The van der Waals surface area contributed by atoms with E-state index >= 15 is 0 Å². The van der Waals surface area contributed by atoms with Gasteiger partial charge in [-0.1, -0.05) is 78.3 Å². The van der Waals surface area contributed by atoms with E-state index in [2.05, 4.69) is 18.2 Å². The van der Waals surface area contributed by atoms with Crippen molar-refractivity contribution in [3.8, 4) is 22.6 Å². The number of rotatable bonds is 6. The quantitative estimate of drug-likeness (QED) is 0.476. The zero-order chi connectivity index (χ0) is 22.1. The fourth-order valence-corrected chi connectivity index (χ4v) is 3.21. The zero-order valence-corrected chi connectivity index (χ0v) is 18.5. The molecule has 156 valence electrons. The van der Waals surface area contributed by atoms with Crippen LogP contribution in [0.25, 0.3) is 33.5 Å². The Morgan fingerprint density at radius 1 is 0.742 bits per heavy atom. The van der Waals surface area contributed by atoms with Crippen LogP contribution in [0.15, 0.2) is 78.9 Å². The number of benzene rings is 3. The highest BCUT2D eigenvalue weighted by molar-refractivity contribution is 6.47. The molecule has 0 bridgehead atoms. The van der Waals surface area contributed by atoms with E-state index < -0.39 is 11.2 Å². The molecule has 1 aromatic heterocycles. The van der Waals surface area contributed by atoms with Gasteiger partial charge in [0, 0.05) is 16.5 Å². The van der Waals surface area contributed by atoms with Gasteiger partial charge < -0.3 is 9.76 Å². The van der Waals surface area contributed by atoms with Crippen LogP contribution in [0.2, 0.25) is 0 Å². The van der Waals surface area contributed by atoms with Crippen LogP contribution in [0.4, 0.5) is 0 Å². The number of aromatic nitrogens is 2. The second kappa shape index (κ2) is 8.25. The molecular formula is C26H27BN2O2. The summed E-state index contributed by atoms with van der Waals surface area (Å²) in [4.78, 5) is 9.72. The lowest BCUT2D eigenvalue weighted by Gasteiger charge is -2.37. The Bertz CT molecular complexity index is 1180. The first-order valence-corrected chi connectivity index (χ1v) is 10.5. The highest BCUT2D eigenvalue weighted by Gasteiger charge is 2.35. The molecule has 0 atom stereocenters. The molecule has 0 radical (unpaired) electrons. The molecule has 0 aliphatic rings. The summed E-state index contributed by atoms with van der Waals surface area (Å²) in [5, 5.41) is 11.3. The maximum Gasteiger partial charge on any atom is 0.309 e. The van der Waals surface area contributed by atoms with Crippen LogP contribution in [0.1, 0.15) is 27.7 Å². The van der Waals surface area contributed by atoms with E-state index in [9.17, 15) is 5.11 Å². The monoisotopic (exact) mass is 410 g/mol. The van der Waals surface area contributed by atoms with Gasteiger partial charge in [0.15, 0.2) is 5.82 Å². The standard InChI is InChI=1S/C26H27BN2O2/c1-25(2,30)26(3,4)31-27-20-16-14-19(15-17-20)24-28-22-13-9-8-12-21(22)23(29-24)18-10-6-5-7-11-18/h5-17,27,30H,1-4H3. The van der Waals surface area contributed by atoms with Gasteiger partial charge in [0.25, 0.3) is 0 Å². The van der Waals surface area contributed by atoms with Crippen molar-refractivity contribution in [2.75, 3.05) is 0 Å². The molecule has 1 N–H and O–H groups in total. The van der Waals surface area contributed by atoms with Crippen LogP contribution in [-0.4, -0.2) is 33.8 Å². The Kier molecular flexibility index (Phi) is 5.65. The molecule has 0 saturated heterocycles. The predicted molar refractivity (Wildman–Crippen MR) is 129 cm³/mol. The van der Waals surface area contributed by atoms with Gasteiger partial charge in [0.05, 0.1) is 22.4 Å². The largest absolute Gasteiger partial charge is 0.427 e. The van der Waals surface area contributed by atoms with Crippen LogP contribution in [0.3, 0.4) is 0 Å². The molecule has 0 aliphatic heterocycles. The number of para-hydroxylation sites is 1. The summed E-state index contributed by atoms with van der Waals surface area (Å²) in [7, 11) is 0.422. The van der Waals surface area contributed by atoms with Gasteiger partial charge in [-0.2, -0.15) is 0 Å². The van der Waals surface area contributed by atoms with Gasteiger partial charge in [0.1, 0.15) is 0 Å². The van der Waals surface area contributed by atoms with Gasteiger partial charge in [-0.3, -0.25) is 0 Å². The number of fused-ring (bicyclic) bond motifs is 1. The summed E-state index contributed by atoms with van der Waals surface area (Å²) in [5.41, 5.74) is 3.32. The van der Waals surface area contributed by atoms with E-state index in [-0.39, 0.29) is 0 Å². The van der Waals surface area contributed by atoms with Crippen molar-refractivity contribution in [2.45, 2.75) is 38.9 Å². The summed E-state index contributed by atoms with van der Waals surface area (Å²) in [6, 6.07) is 26.4. The van der Waals surface area contributed by atoms with E-state index in [0.717, 1.165) is 33.2 Å². The highest BCUT2D eigenvalue weighted by Crippen LogP contribution is 2.29. The van der Waals surface area contributed by atoms with E-state index in [4.69, 9.17) is 14.6 Å². The molecule has 4 aromatic rings. The third-order valence-electron chi connectivity index (χ3n) is 5.94. The Morgan fingerprint density at radius 3 is 2.06 bits per heavy atom. The van der Waals surface area contributed by atoms with Crippen LogP contribution in [0.5, 0.6) is 0 Å². The van der Waals surface area contributed by atoms with E-state index in [1.54, 1.807) is 13.8 Å². The molecule has 0 spiro atoms. The number of nitrogens with zero attached hydrogens (tertiary/aromatic N) is 2. The second-order valence-electron chi connectivity index (χ2n) is 8.83. The molecule has 4 nitrogen and oxygen atoms in total. The Balaban J connectivity index is 1.65. The van der Waals surface area contributed by atoms with Gasteiger partial charge >= 0.3 is 7.48 Å².